The Morgan fingerprint density at radius 1 is 1.19 bits per heavy atom. The maximum absolute atomic E-state index is 13.6. The van der Waals surface area contributed by atoms with Gasteiger partial charge in [-0.3, -0.25) is 9.59 Å². The molecule has 0 atom stereocenters. The maximum atomic E-state index is 13.6. The minimum Gasteiger partial charge on any atom is -0.332 e. The van der Waals surface area contributed by atoms with Crippen molar-refractivity contribution >= 4 is 28.5 Å². The summed E-state index contributed by atoms with van der Waals surface area (Å²) in [5.41, 5.74) is 1.38. The van der Waals surface area contributed by atoms with Crippen LogP contribution in [0.3, 0.4) is 0 Å². The molecule has 3 aromatic rings. The first-order valence-corrected chi connectivity index (χ1v) is 7.65. The molecule has 0 spiro atoms. The van der Waals surface area contributed by atoms with E-state index in [1.165, 1.54) is 11.9 Å². The molecule has 3 rings (SSSR count). The lowest BCUT2D eigenvalue weighted by atomic mass is 10.1. The standard InChI is InChI=1S/C17H15F2N5O2/c1-23(9-16(25)20-13-8-11(18)4-5-12(13)19)17(26)10-3-6-15-14(7-10)21-22-24(15)2/h3-8H,9H2,1-2H3,(H,20,25). The van der Waals surface area contributed by atoms with E-state index >= 15 is 0 Å². The molecule has 1 heterocycles. The Morgan fingerprint density at radius 2 is 1.96 bits per heavy atom. The molecule has 2 aromatic carbocycles. The van der Waals surface area contributed by atoms with Crippen molar-refractivity contribution in [2.45, 2.75) is 0 Å². The van der Waals surface area contributed by atoms with E-state index in [2.05, 4.69) is 15.6 Å². The first kappa shape index (κ1) is 17.5. The molecule has 0 aliphatic rings. The van der Waals surface area contributed by atoms with E-state index in [9.17, 15) is 18.4 Å². The van der Waals surface area contributed by atoms with Crippen LogP contribution < -0.4 is 5.32 Å². The first-order chi connectivity index (χ1) is 12.3. The van der Waals surface area contributed by atoms with Crippen LogP contribution in [0.5, 0.6) is 0 Å². The Kier molecular flexibility index (Phi) is 4.61. The van der Waals surface area contributed by atoms with Gasteiger partial charge in [0.25, 0.3) is 5.91 Å². The summed E-state index contributed by atoms with van der Waals surface area (Å²) >= 11 is 0. The Morgan fingerprint density at radius 3 is 2.73 bits per heavy atom. The van der Waals surface area contributed by atoms with E-state index in [1.807, 2.05) is 0 Å². The molecule has 0 saturated carbocycles. The van der Waals surface area contributed by atoms with Gasteiger partial charge in [0.05, 0.1) is 17.7 Å². The van der Waals surface area contributed by atoms with Crippen LogP contribution in [0.2, 0.25) is 0 Å². The number of aryl methyl sites for hydroxylation is 1. The highest BCUT2D eigenvalue weighted by molar-refractivity contribution is 6.00. The van der Waals surface area contributed by atoms with Crippen LogP contribution in [-0.4, -0.2) is 45.3 Å². The van der Waals surface area contributed by atoms with Gasteiger partial charge in [-0.25, -0.2) is 13.5 Å². The number of nitrogens with zero attached hydrogens (tertiary/aromatic N) is 4. The minimum absolute atomic E-state index is 0.281. The smallest absolute Gasteiger partial charge is 0.254 e. The average Bonchev–Trinajstić information content (AvgIpc) is 2.98. The van der Waals surface area contributed by atoms with Crippen LogP contribution in [0.15, 0.2) is 36.4 Å². The van der Waals surface area contributed by atoms with Crippen molar-refractivity contribution < 1.29 is 18.4 Å². The summed E-state index contributed by atoms with van der Waals surface area (Å²) in [6, 6.07) is 7.62. The van der Waals surface area contributed by atoms with Gasteiger partial charge in [0, 0.05) is 25.7 Å². The number of carbonyl (C=O) groups is 2. The number of halogens is 2. The second-order valence-electron chi connectivity index (χ2n) is 5.75. The molecule has 0 aliphatic heterocycles. The predicted octanol–water partition coefficient (Wildman–Crippen LogP) is 1.96. The molecule has 0 radical (unpaired) electrons. The van der Waals surface area contributed by atoms with Crippen LogP contribution in [-0.2, 0) is 11.8 Å². The highest BCUT2D eigenvalue weighted by atomic mass is 19.1. The van der Waals surface area contributed by atoms with Gasteiger partial charge in [-0.2, -0.15) is 0 Å². The molecule has 0 bridgehead atoms. The van der Waals surface area contributed by atoms with Gasteiger partial charge in [-0.15, -0.1) is 5.10 Å². The number of benzene rings is 2. The molecule has 9 heteroatoms. The van der Waals surface area contributed by atoms with Crippen molar-refractivity contribution in [2.24, 2.45) is 7.05 Å². The van der Waals surface area contributed by atoms with E-state index in [-0.39, 0.29) is 12.2 Å². The van der Waals surface area contributed by atoms with Gasteiger partial charge in [0.15, 0.2) is 0 Å². The highest BCUT2D eigenvalue weighted by Gasteiger charge is 2.17. The third kappa shape index (κ3) is 3.51. The van der Waals surface area contributed by atoms with Gasteiger partial charge in [-0.1, -0.05) is 5.21 Å². The highest BCUT2D eigenvalue weighted by Crippen LogP contribution is 2.16. The third-order valence-electron chi connectivity index (χ3n) is 3.79. The number of nitrogens with one attached hydrogen (secondary N) is 1. The fourth-order valence-electron chi connectivity index (χ4n) is 2.46. The zero-order chi connectivity index (χ0) is 18.8. The summed E-state index contributed by atoms with van der Waals surface area (Å²) in [6.45, 7) is -0.326. The fourth-order valence-corrected chi connectivity index (χ4v) is 2.46. The molecule has 1 aromatic heterocycles. The zero-order valence-electron chi connectivity index (χ0n) is 14.0. The lowest BCUT2D eigenvalue weighted by Gasteiger charge is -2.17. The summed E-state index contributed by atoms with van der Waals surface area (Å²) in [7, 11) is 3.17. The SMILES string of the molecule is CN(CC(=O)Nc1cc(F)ccc1F)C(=O)c1ccc2c(c1)nnn2C. The predicted molar refractivity (Wildman–Crippen MR) is 90.5 cm³/mol. The van der Waals surface area contributed by atoms with E-state index in [1.54, 1.807) is 29.9 Å². The van der Waals surface area contributed by atoms with Crippen molar-refractivity contribution in [1.82, 2.24) is 19.9 Å². The van der Waals surface area contributed by atoms with Gasteiger partial charge >= 0.3 is 0 Å². The Hall–Kier alpha value is -3.36. The molecular weight excluding hydrogens is 344 g/mol. The maximum Gasteiger partial charge on any atom is 0.254 e. The number of rotatable bonds is 4. The lowest BCUT2D eigenvalue weighted by molar-refractivity contribution is -0.116. The molecule has 0 saturated heterocycles. The molecular formula is C17H15F2N5O2. The molecule has 0 fully saturated rings. The van der Waals surface area contributed by atoms with Crippen molar-refractivity contribution in [3.8, 4) is 0 Å². The molecule has 7 nitrogen and oxygen atoms in total. The monoisotopic (exact) mass is 359 g/mol. The summed E-state index contributed by atoms with van der Waals surface area (Å²) in [6.07, 6.45) is 0. The second-order valence-corrected chi connectivity index (χ2v) is 5.75. The number of hydrogen-bond donors (Lipinski definition) is 1. The zero-order valence-corrected chi connectivity index (χ0v) is 14.0. The van der Waals surface area contributed by atoms with Gasteiger partial charge in [0.2, 0.25) is 5.91 Å². The second kappa shape index (κ2) is 6.87. The lowest BCUT2D eigenvalue weighted by Crippen LogP contribution is -2.35. The molecule has 26 heavy (non-hydrogen) atoms. The van der Waals surface area contributed by atoms with Crippen molar-refractivity contribution in [3.63, 3.8) is 0 Å². The van der Waals surface area contributed by atoms with E-state index < -0.39 is 23.4 Å². The van der Waals surface area contributed by atoms with Crippen LogP contribution in [0, 0.1) is 11.6 Å². The largest absolute Gasteiger partial charge is 0.332 e. The topological polar surface area (TPSA) is 80.1 Å². The minimum atomic E-state index is -0.762. The Balaban J connectivity index is 1.69. The molecule has 0 unspecified atom stereocenters. The normalized spacial score (nSPS) is 10.8. The first-order valence-electron chi connectivity index (χ1n) is 7.65. The van der Waals surface area contributed by atoms with Crippen molar-refractivity contribution in [2.75, 3.05) is 18.9 Å². The van der Waals surface area contributed by atoms with Crippen molar-refractivity contribution in [1.29, 1.82) is 0 Å². The molecule has 1 N–H and O–H groups in total. The summed E-state index contributed by atoms with van der Waals surface area (Å²) in [4.78, 5) is 25.6. The quantitative estimate of drug-likeness (QED) is 0.772. The number of aromatic nitrogens is 3. The summed E-state index contributed by atoms with van der Waals surface area (Å²) in [5.74, 6) is -2.50. The molecule has 134 valence electrons. The number of hydrogen-bond acceptors (Lipinski definition) is 4. The van der Waals surface area contributed by atoms with Crippen LogP contribution in [0.4, 0.5) is 14.5 Å². The van der Waals surface area contributed by atoms with E-state index in [0.717, 1.165) is 23.7 Å². The van der Waals surface area contributed by atoms with Crippen molar-refractivity contribution in [3.05, 3.63) is 53.6 Å². The Labute approximate surface area is 147 Å². The van der Waals surface area contributed by atoms with E-state index in [0.29, 0.717) is 11.1 Å². The Bertz CT molecular complexity index is 1000. The number of anilines is 1. The number of likely N-dealkylation sites (N-methyl/N-ethyl adjacent to an activating group) is 1. The summed E-state index contributed by atoms with van der Waals surface area (Å²) < 4.78 is 28.3. The fraction of sp³-hybridized carbons (Fsp3) is 0.176. The average molecular weight is 359 g/mol. The van der Waals surface area contributed by atoms with Crippen LogP contribution in [0.25, 0.3) is 11.0 Å². The molecule has 2 amide bonds. The van der Waals surface area contributed by atoms with Gasteiger partial charge in [-0.05, 0) is 30.3 Å². The number of fused-ring (bicyclic) bond motifs is 1. The number of carbonyl (C=O) groups excluding carboxylic acids is 2. The van der Waals surface area contributed by atoms with E-state index in [4.69, 9.17) is 0 Å². The molecule has 0 aliphatic carbocycles. The van der Waals surface area contributed by atoms with Crippen LogP contribution >= 0.6 is 0 Å². The third-order valence-corrected chi connectivity index (χ3v) is 3.79. The van der Waals surface area contributed by atoms with Gasteiger partial charge < -0.3 is 10.2 Å². The summed E-state index contributed by atoms with van der Waals surface area (Å²) in [5, 5.41) is 10.1. The van der Waals surface area contributed by atoms with Crippen LogP contribution in [0.1, 0.15) is 10.4 Å². The number of amides is 2. The van der Waals surface area contributed by atoms with Gasteiger partial charge in [0.1, 0.15) is 17.2 Å².